The third-order valence-electron chi connectivity index (χ3n) is 4.48. The van der Waals surface area contributed by atoms with Crippen LogP contribution in [0.15, 0.2) is 17.1 Å². The fourth-order valence-corrected chi connectivity index (χ4v) is 3.76. The molecule has 3 aliphatic rings. The lowest BCUT2D eigenvalue weighted by atomic mass is 10.0. The summed E-state index contributed by atoms with van der Waals surface area (Å²) in [7, 11) is 0. The lowest BCUT2D eigenvalue weighted by Gasteiger charge is -2.34. The number of rotatable bonds is 0. The lowest BCUT2D eigenvalue weighted by Crippen LogP contribution is -2.38. The van der Waals surface area contributed by atoms with Gasteiger partial charge in [-0.05, 0) is 37.8 Å². The van der Waals surface area contributed by atoms with E-state index in [0.29, 0.717) is 5.92 Å². The predicted molar refractivity (Wildman–Crippen MR) is 70.0 cm³/mol. The first-order chi connectivity index (χ1) is 8.24. The predicted octanol–water partition coefficient (Wildman–Crippen LogP) is 3.68. The Morgan fingerprint density at radius 2 is 2.24 bits per heavy atom. The largest absolute Gasteiger partial charge is 0.352 e. The fourth-order valence-electron chi connectivity index (χ4n) is 3.54. The van der Waals surface area contributed by atoms with Crippen LogP contribution in [0.5, 0.6) is 0 Å². The Kier molecular flexibility index (Phi) is 1.91. The fraction of sp³-hybridized carbons (Fsp3) is 0.500. The molecule has 1 aliphatic carbocycles. The van der Waals surface area contributed by atoms with Gasteiger partial charge in [0.2, 0.25) is 0 Å². The summed E-state index contributed by atoms with van der Waals surface area (Å²) in [4.78, 5) is 7.34. The van der Waals surface area contributed by atoms with E-state index in [1.54, 1.807) is 0 Å². The molecular weight excluding hydrogens is 232 g/mol. The number of hydrogen-bond donors (Lipinski definition) is 0. The quantitative estimate of drug-likeness (QED) is 0.682. The van der Waals surface area contributed by atoms with Crippen LogP contribution in [-0.4, -0.2) is 16.8 Å². The van der Waals surface area contributed by atoms with E-state index in [0.717, 1.165) is 28.9 Å². The molecule has 1 saturated heterocycles. The number of benzene rings is 1. The first-order valence-corrected chi connectivity index (χ1v) is 6.75. The van der Waals surface area contributed by atoms with Gasteiger partial charge in [-0.2, -0.15) is 0 Å². The summed E-state index contributed by atoms with van der Waals surface area (Å²) in [6.07, 6.45) is 3.97. The van der Waals surface area contributed by atoms with Gasteiger partial charge in [-0.25, -0.2) is 4.99 Å². The van der Waals surface area contributed by atoms with Gasteiger partial charge < -0.3 is 4.90 Å². The zero-order valence-corrected chi connectivity index (χ0v) is 10.7. The van der Waals surface area contributed by atoms with Crippen molar-refractivity contribution >= 4 is 23.1 Å². The van der Waals surface area contributed by atoms with Gasteiger partial charge in [0.25, 0.3) is 0 Å². The maximum atomic E-state index is 6.41. The Morgan fingerprint density at radius 3 is 3.12 bits per heavy atom. The molecule has 3 heteroatoms. The van der Waals surface area contributed by atoms with E-state index in [1.165, 1.54) is 30.7 Å². The van der Waals surface area contributed by atoms with Crippen molar-refractivity contribution in [2.75, 3.05) is 0 Å². The molecule has 2 bridgehead atoms. The van der Waals surface area contributed by atoms with Crippen molar-refractivity contribution in [3.05, 3.63) is 28.3 Å². The second-order valence-electron chi connectivity index (χ2n) is 5.46. The number of aliphatic imine (C=N–C) groups is 1. The second-order valence-corrected chi connectivity index (χ2v) is 5.83. The summed E-state index contributed by atoms with van der Waals surface area (Å²) >= 11 is 6.41. The molecule has 2 heterocycles. The maximum absolute atomic E-state index is 6.41. The summed E-state index contributed by atoms with van der Waals surface area (Å²) in [6.45, 7) is 3.04. The molecule has 0 amide bonds. The molecule has 2 atom stereocenters. The number of piperidine rings is 1. The van der Waals surface area contributed by atoms with Crippen LogP contribution < -0.4 is 0 Å². The van der Waals surface area contributed by atoms with Gasteiger partial charge >= 0.3 is 0 Å². The summed E-state index contributed by atoms with van der Waals surface area (Å²) < 4.78 is 0. The van der Waals surface area contributed by atoms with Crippen molar-refractivity contribution in [3.63, 3.8) is 0 Å². The van der Waals surface area contributed by atoms with Crippen LogP contribution in [-0.2, 0) is 6.54 Å². The van der Waals surface area contributed by atoms with Gasteiger partial charge in [-0.15, -0.1) is 0 Å². The molecule has 0 aromatic heterocycles. The van der Waals surface area contributed by atoms with Gasteiger partial charge in [0, 0.05) is 24.1 Å². The van der Waals surface area contributed by atoms with E-state index in [-0.39, 0.29) is 0 Å². The molecule has 2 nitrogen and oxygen atoms in total. The molecule has 2 unspecified atom stereocenters. The van der Waals surface area contributed by atoms with Crippen LogP contribution in [0.25, 0.3) is 0 Å². The number of fused-ring (bicyclic) bond motifs is 6. The van der Waals surface area contributed by atoms with Gasteiger partial charge in [0.1, 0.15) is 5.84 Å². The van der Waals surface area contributed by atoms with Crippen molar-refractivity contribution in [1.29, 1.82) is 0 Å². The Morgan fingerprint density at radius 1 is 1.35 bits per heavy atom. The van der Waals surface area contributed by atoms with Crippen molar-refractivity contribution in [2.45, 2.75) is 38.8 Å². The first kappa shape index (κ1) is 9.95. The highest BCUT2D eigenvalue weighted by atomic mass is 35.5. The highest BCUT2D eigenvalue weighted by Crippen LogP contribution is 2.45. The van der Waals surface area contributed by atoms with Gasteiger partial charge in [-0.3, -0.25) is 0 Å². The molecule has 2 aliphatic heterocycles. The highest BCUT2D eigenvalue weighted by molar-refractivity contribution is 6.32. The minimum absolute atomic E-state index is 0.716. The molecule has 1 aromatic rings. The Balaban J connectivity index is 1.87. The maximum Gasteiger partial charge on any atom is 0.109 e. The minimum atomic E-state index is 0.716. The van der Waals surface area contributed by atoms with Crippen LogP contribution in [0, 0.1) is 12.8 Å². The number of halogens is 1. The molecule has 0 spiro atoms. The third kappa shape index (κ3) is 1.25. The van der Waals surface area contributed by atoms with Crippen molar-refractivity contribution in [3.8, 4) is 0 Å². The SMILES string of the molecule is Cc1ccc2c(c1Cl)CN1C(=N2)C2CCC1C2. The van der Waals surface area contributed by atoms with E-state index in [4.69, 9.17) is 16.6 Å². The smallest absolute Gasteiger partial charge is 0.109 e. The topological polar surface area (TPSA) is 15.6 Å². The molecule has 2 fully saturated rings. The number of hydrogen-bond acceptors (Lipinski definition) is 2. The molecule has 1 aromatic carbocycles. The normalized spacial score (nSPS) is 29.1. The van der Waals surface area contributed by atoms with Crippen molar-refractivity contribution in [1.82, 2.24) is 4.90 Å². The number of nitrogens with zero attached hydrogens (tertiary/aromatic N) is 2. The molecule has 1 saturated carbocycles. The average Bonchev–Trinajstić information content (AvgIpc) is 2.94. The van der Waals surface area contributed by atoms with Crippen LogP contribution in [0.2, 0.25) is 5.02 Å². The standard InChI is InChI=1S/C14H15ClN2/c1-8-2-5-12-11(13(8)15)7-17-10-4-3-9(6-10)14(17)16-12/h2,5,9-10H,3-4,6-7H2,1H3. The average molecular weight is 247 g/mol. The highest BCUT2D eigenvalue weighted by Gasteiger charge is 2.44. The van der Waals surface area contributed by atoms with Crippen LogP contribution in [0.4, 0.5) is 5.69 Å². The second kappa shape index (κ2) is 3.26. The first-order valence-electron chi connectivity index (χ1n) is 6.37. The van der Waals surface area contributed by atoms with Crippen LogP contribution in [0.1, 0.15) is 30.4 Å². The lowest BCUT2D eigenvalue weighted by molar-refractivity contribution is 0.317. The van der Waals surface area contributed by atoms with Crippen molar-refractivity contribution in [2.24, 2.45) is 10.9 Å². The summed E-state index contributed by atoms with van der Waals surface area (Å²) in [6, 6.07) is 4.92. The van der Waals surface area contributed by atoms with E-state index in [2.05, 4.69) is 24.0 Å². The molecule has 88 valence electrons. The zero-order chi connectivity index (χ0) is 11.6. The Hall–Kier alpha value is -1.02. The van der Waals surface area contributed by atoms with Crippen LogP contribution >= 0.6 is 11.6 Å². The monoisotopic (exact) mass is 246 g/mol. The van der Waals surface area contributed by atoms with E-state index in [1.807, 2.05) is 0 Å². The summed E-state index contributed by atoms with van der Waals surface area (Å²) in [5.41, 5.74) is 3.48. The summed E-state index contributed by atoms with van der Waals surface area (Å²) in [5.74, 6) is 2.04. The minimum Gasteiger partial charge on any atom is -0.352 e. The van der Waals surface area contributed by atoms with Crippen molar-refractivity contribution < 1.29 is 0 Å². The van der Waals surface area contributed by atoms with Crippen LogP contribution in [0.3, 0.4) is 0 Å². The molecule has 0 N–H and O–H groups in total. The molecule has 17 heavy (non-hydrogen) atoms. The summed E-state index contributed by atoms with van der Waals surface area (Å²) in [5, 5.41) is 0.910. The Bertz CT molecular complexity index is 535. The third-order valence-corrected chi connectivity index (χ3v) is 5.01. The molecular formula is C14H15ClN2. The van der Waals surface area contributed by atoms with Gasteiger partial charge in [-0.1, -0.05) is 17.7 Å². The van der Waals surface area contributed by atoms with E-state index in [9.17, 15) is 0 Å². The molecule has 4 rings (SSSR count). The van der Waals surface area contributed by atoms with Gasteiger partial charge in [0.15, 0.2) is 0 Å². The number of aryl methyl sites for hydroxylation is 1. The molecule has 0 radical (unpaired) electrons. The number of amidine groups is 1. The Labute approximate surface area is 106 Å². The van der Waals surface area contributed by atoms with E-state index >= 15 is 0 Å². The van der Waals surface area contributed by atoms with Gasteiger partial charge in [0.05, 0.1) is 10.7 Å². The zero-order valence-electron chi connectivity index (χ0n) is 9.91. The van der Waals surface area contributed by atoms with E-state index < -0.39 is 0 Å².